The fraction of sp³-hybridized carbons (Fsp3) is 0.308. The number of thiophene rings is 1. The minimum absolute atomic E-state index is 0.0243. The smallest absolute Gasteiger partial charge is 0.254 e. The van der Waals surface area contributed by atoms with Crippen LogP contribution < -0.4 is 4.74 Å². The van der Waals surface area contributed by atoms with Crippen LogP contribution in [0.4, 0.5) is 0 Å². The Morgan fingerprint density at radius 3 is 2.67 bits per heavy atom. The molecule has 0 unspecified atom stereocenters. The Balaban J connectivity index is 1.34. The molecule has 1 aromatic heterocycles. The first-order valence-corrected chi connectivity index (χ1v) is 12.9. The van der Waals surface area contributed by atoms with Gasteiger partial charge in [0.15, 0.2) is 0 Å². The first-order chi connectivity index (χ1) is 16.1. The minimum Gasteiger partial charge on any atom is -0.491 e. The standard InChI is InChI=1S/C26H25BrN2O3S/c27-19-6-4-5-18(15-19)26(31)29(20-9-10-20)16-25(30)28-13-11-24-22(12-14-33-24)23(28)17-32-21-7-2-1-3-8-21/h1-8,12,14-15,20,23H,9-11,13,16-17H2/t23-/m0/s1. The summed E-state index contributed by atoms with van der Waals surface area (Å²) in [4.78, 5) is 31.8. The SMILES string of the molecule is O=C(c1cccc(Br)c1)N(CC(=O)N1CCc2sccc2[C@@H]1COc1ccccc1)C1CC1. The predicted molar refractivity (Wildman–Crippen MR) is 133 cm³/mol. The molecule has 33 heavy (non-hydrogen) atoms. The van der Waals surface area contributed by atoms with Crippen molar-refractivity contribution in [3.63, 3.8) is 0 Å². The summed E-state index contributed by atoms with van der Waals surface area (Å²) < 4.78 is 6.93. The van der Waals surface area contributed by atoms with Gasteiger partial charge in [0.1, 0.15) is 18.9 Å². The Hall–Kier alpha value is -2.64. The van der Waals surface area contributed by atoms with Crippen LogP contribution in [0.1, 0.15) is 39.7 Å². The van der Waals surface area contributed by atoms with E-state index in [4.69, 9.17) is 4.74 Å². The molecule has 0 saturated heterocycles. The minimum atomic E-state index is -0.158. The van der Waals surface area contributed by atoms with Crippen LogP contribution >= 0.6 is 27.3 Å². The highest BCUT2D eigenvalue weighted by Crippen LogP contribution is 2.35. The number of para-hydroxylation sites is 1. The summed E-state index contributed by atoms with van der Waals surface area (Å²) in [5.41, 5.74) is 1.76. The van der Waals surface area contributed by atoms with E-state index in [-0.39, 0.29) is 30.4 Å². The lowest BCUT2D eigenvalue weighted by atomic mass is 10.0. The van der Waals surface area contributed by atoms with E-state index < -0.39 is 0 Å². The Kier molecular flexibility index (Phi) is 6.51. The lowest BCUT2D eigenvalue weighted by molar-refractivity contribution is -0.135. The molecule has 2 amide bonds. The van der Waals surface area contributed by atoms with Crippen molar-refractivity contribution in [2.75, 3.05) is 19.7 Å². The van der Waals surface area contributed by atoms with Crippen molar-refractivity contribution < 1.29 is 14.3 Å². The third kappa shape index (κ3) is 4.99. The number of benzene rings is 2. The van der Waals surface area contributed by atoms with Gasteiger partial charge in [0, 0.05) is 27.5 Å². The van der Waals surface area contributed by atoms with E-state index in [2.05, 4.69) is 27.4 Å². The van der Waals surface area contributed by atoms with E-state index in [1.54, 1.807) is 16.2 Å². The van der Waals surface area contributed by atoms with Gasteiger partial charge in [-0.15, -0.1) is 11.3 Å². The van der Waals surface area contributed by atoms with Crippen LogP contribution in [0, 0.1) is 0 Å². The van der Waals surface area contributed by atoms with Crippen LogP contribution in [-0.2, 0) is 11.2 Å². The largest absolute Gasteiger partial charge is 0.491 e. The van der Waals surface area contributed by atoms with Crippen LogP contribution in [0.3, 0.4) is 0 Å². The summed E-state index contributed by atoms with van der Waals surface area (Å²) in [5, 5.41) is 2.08. The van der Waals surface area contributed by atoms with Gasteiger partial charge in [-0.3, -0.25) is 9.59 Å². The molecule has 3 aromatic rings. The zero-order chi connectivity index (χ0) is 22.8. The highest BCUT2D eigenvalue weighted by atomic mass is 79.9. The number of hydrogen-bond acceptors (Lipinski definition) is 4. The van der Waals surface area contributed by atoms with Crippen LogP contribution in [0.15, 0.2) is 70.5 Å². The zero-order valence-electron chi connectivity index (χ0n) is 18.2. The maximum atomic E-state index is 13.6. The summed E-state index contributed by atoms with van der Waals surface area (Å²) in [6, 6.07) is 19.1. The van der Waals surface area contributed by atoms with Crippen molar-refractivity contribution >= 4 is 39.1 Å². The lowest BCUT2D eigenvalue weighted by Crippen LogP contribution is -2.48. The van der Waals surface area contributed by atoms with Gasteiger partial charge in [-0.05, 0) is 66.6 Å². The predicted octanol–water partition coefficient (Wildman–Crippen LogP) is 5.32. The van der Waals surface area contributed by atoms with Gasteiger partial charge in [-0.25, -0.2) is 0 Å². The summed E-state index contributed by atoms with van der Waals surface area (Å²) >= 11 is 5.18. The lowest BCUT2D eigenvalue weighted by Gasteiger charge is -2.37. The molecule has 2 aliphatic rings. The van der Waals surface area contributed by atoms with Crippen molar-refractivity contribution in [2.45, 2.75) is 31.3 Å². The second-order valence-electron chi connectivity index (χ2n) is 8.45. The number of halogens is 1. The van der Waals surface area contributed by atoms with E-state index in [0.29, 0.717) is 18.7 Å². The van der Waals surface area contributed by atoms with Gasteiger partial charge < -0.3 is 14.5 Å². The summed E-state index contributed by atoms with van der Waals surface area (Å²) in [6.07, 6.45) is 2.73. The molecule has 1 atom stereocenters. The van der Waals surface area contributed by atoms with Crippen molar-refractivity contribution in [3.8, 4) is 5.75 Å². The van der Waals surface area contributed by atoms with Gasteiger partial charge >= 0.3 is 0 Å². The number of fused-ring (bicyclic) bond motifs is 1. The molecule has 5 nitrogen and oxygen atoms in total. The van der Waals surface area contributed by atoms with Crippen LogP contribution in [0.5, 0.6) is 5.75 Å². The topological polar surface area (TPSA) is 49.9 Å². The molecule has 1 saturated carbocycles. The molecule has 1 aliphatic heterocycles. The fourth-order valence-corrected chi connectivity index (χ4v) is 5.67. The number of ether oxygens (including phenoxy) is 1. The van der Waals surface area contributed by atoms with Crippen molar-refractivity contribution in [3.05, 3.63) is 86.5 Å². The average molecular weight is 525 g/mol. The van der Waals surface area contributed by atoms with Gasteiger partial charge in [0.2, 0.25) is 5.91 Å². The van der Waals surface area contributed by atoms with Crippen LogP contribution in [0.2, 0.25) is 0 Å². The van der Waals surface area contributed by atoms with Gasteiger partial charge in [-0.1, -0.05) is 40.2 Å². The number of nitrogens with zero attached hydrogens (tertiary/aromatic N) is 2. The molecule has 2 aromatic carbocycles. The third-order valence-electron chi connectivity index (χ3n) is 6.19. The van der Waals surface area contributed by atoms with Crippen molar-refractivity contribution in [1.29, 1.82) is 0 Å². The molecule has 0 spiro atoms. The Labute approximate surface area is 206 Å². The summed E-state index contributed by atoms with van der Waals surface area (Å²) in [5.74, 6) is 0.679. The second kappa shape index (κ2) is 9.69. The molecule has 5 rings (SSSR count). The number of hydrogen-bond donors (Lipinski definition) is 0. The molecule has 0 radical (unpaired) electrons. The quantitative estimate of drug-likeness (QED) is 0.420. The van der Waals surface area contributed by atoms with Gasteiger partial charge in [0.25, 0.3) is 5.91 Å². The summed E-state index contributed by atoms with van der Waals surface area (Å²) in [7, 11) is 0. The molecule has 0 N–H and O–H groups in total. The molecule has 2 heterocycles. The number of carbonyl (C=O) groups excluding carboxylic acids is 2. The first kappa shape index (κ1) is 22.2. The second-order valence-corrected chi connectivity index (χ2v) is 10.4. The Bertz CT molecular complexity index is 1150. The van der Waals surface area contributed by atoms with E-state index in [9.17, 15) is 9.59 Å². The zero-order valence-corrected chi connectivity index (χ0v) is 20.6. The maximum Gasteiger partial charge on any atom is 0.254 e. The van der Waals surface area contributed by atoms with Crippen molar-refractivity contribution in [1.82, 2.24) is 9.80 Å². The molecule has 1 fully saturated rings. The Morgan fingerprint density at radius 1 is 1.09 bits per heavy atom. The molecule has 1 aliphatic carbocycles. The fourth-order valence-electron chi connectivity index (χ4n) is 4.34. The van der Waals surface area contributed by atoms with E-state index in [1.165, 1.54) is 4.88 Å². The number of amides is 2. The molecule has 0 bridgehead atoms. The number of carbonyl (C=O) groups is 2. The maximum absolute atomic E-state index is 13.6. The molecular weight excluding hydrogens is 500 g/mol. The molecule has 7 heteroatoms. The first-order valence-electron chi connectivity index (χ1n) is 11.2. The van der Waals surface area contributed by atoms with E-state index >= 15 is 0 Å². The van der Waals surface area contributed by atoms with E-state index in [1.807, 2.05) is 59.5 Å². The van der Waals surface area contributed by atoms with Gasteiger partial charge in [0.05, 0.1) is 6.04 Å². The average Bonchev–Trinajstić information content (AvgIpc) is 3.56. The highest BCUT2D eigenvalue weighted by Gasteiger charge is 2.38. The Morgan fingerprint density at radius 2 is 1.91 bits per heavy atom. The van der Waals surface area contributed by atoms with E-state index in [0.717, 1.165) is 35.0 Å². The van der Waals surface area contributed by atoms with Crippen molar-refractivity contribution in [2.24, 2.45) is 0 Å². The number of rotatable bonds is 7. The van der Waals surface area contributed by atoms with Crippen LogP contribution in [0.25, 0.3) is 0 Å². The third-order valence-corrected chi connectivity index (χ3v) is 7.68. The summed E-state index contributed by atoms with van der Waals surface area (Å²) in [6.45, 7) is 1.12. The molecular formula is C26H25BrN2O3S. The van der Waals surface area contributed by atoms with Gasteiger partial charge in [-0.2, -0.15) is 0 Å². The molecule has 170 valence electrons. The normalized spacial score (nSPS) is 17.4. The highest BCUT2D eigenvalue weighted by molar-refractivity contribution is 9.10. The monoisotopic (exact) mass is 524 g/mol. The van der Waals surface area contributed by atoms with Crippen LogP contribution in [-0.4, -0.2) is 47.4 Å².